The Hall–Kier alpha value is -2.77. The van der Waals surface area contributed by atoms with Crippen LogP contribution in [0.1, 0.15) is 31.1 Å². The third kappa shape index (κ3) is 4.55. The highest BCUT2D eigenvalue weighted by atomic mass is 16.5. The third-order valence-corrected chi connectivity index (χ3v) is 4.78. The minimum Gasteiger partial charge on any atom is -0.394 e. The summed E-state index contributed by atoms with van der Waals surface area (Å²) in [6.07, 6.45) is 2.91. The van der Waals surface area contributed by atoms with Gasteiger partial charge < -0.3 is 20.1 Å². The number of carbonyl (C=O) groups is 2. The van der Waals surface area contributed by atoms with Crippen LogP contribution in [-0.2, 0) is 20.9 Å². The average Bonchev–Trinajstić information content (AvgIpc) is 2.70. The highest BCUT2D eigenvalue weighted by molar-refractivity contribution is 5.92. The highest BCUT2D eigenvalue weighted by Crippen LogP contribution is 2.30. The van der Waals surface area contributed by atoms with Crippen LogP contribution >= 0.6 is 0 Å². The topological polar surface area (TPSA) is 91.8 Å². The van der Waals surface area contributed by atoms with Crippen molar-refractivity contribution in [1.29, 1.82) is 0 Å². The first-order chi connectivity index (χ1) is 13.5. The van der Waals surface area contributed by atoms with Gasteiger partial charge in [-0.1, -0.05) is 26.0 Å². The van der Waals surface area contributed by atoms with Crippen molar-refractivity contribution in [2.45, 2.75) is 32.5 Å². The summed E-state index contributed by atoms with van der Waals surface area (Å²) in [7, 11) is 0. The molecule has 0 spiro atoms. The van der Waals surface area contributed by atoms with Crippen LogP contribution in [0.25, 0.3) is 0 Å². The Morgan fingerprint density at radius 2 is 1.93 bits per heavy atom. The third-order valence-electron chi connectivity index (χ3n) is 4.78. The fourth-order valence-electron chi connectivity index (χ4n) is 3.15. The van der Waals surface area contributed by atoms with Crippen LogP contribution in [0.15, 0.2) is 48.8 Å². The monoisotopic (exact) mass is 383 g/mol. The summed E-state index contributed by atoms with van der Waals surface area (Å²) >= 11 is 0. The van der Waals surface area contributed by atoms with Crippen molar-refractivity contribution in [3.05, 3.63) is 59.9 Å². The molecule has 0 unspecified atom stereocenters. The smallest absolute Gasteiger partial charge is 0.249 e. The average molecular weight is 383 g/mol. The number of aliphatic hydroxyl groups is 1. The minimum atomic E-state index is -0.495. The quantitative estimate of drug-likeness (QED) is 0.797. The van der Waals surface area contributed by atoms with Gasteiger partial charge in [0.05, 0.1) is 12.6 Å². The van der Waals surface area contributed by atoms with Gasteiger partial charge in [-0.25, -0.2) is 0 Å². The predicted molar refractivity (Wildman–Crippen MR) is 104 cm³/mol. The number of ether oxygens (including phenoxy) is 1. The summed E-state index contributed by atoms with van der Waals surface area (Å²) in [6.45, 7) is 3.79. The van der Waals surface area contributed by atoms with Crippen molar-refractivity contribution >= 4 is 17.5 Å². The maximum Gasteiger partial charge on any atom is 0.249 e. The molecule has 0 radical (unpaired) electrons. The lowest BCUT2D eigenvalue weighted by Gasteiger charge is -2.40. The van der Waals surface area contributed by atoms with E-state index < -0.39 is 12.1 Å². The van der Waals surface area contributed by atoms with E-state index in [0.29, 0.717) is 12.2 Å². The standard InChI is InChI=1S/C21H25N3O4/c1-14(2)21(27)23-17-5-3-16(4-6-17)20-18(12-25)24(19(26)13-28-20)11-15-7-9-22-10-8-15/h3-10,14,18,20,25H,11-13H2,1-2H3,(H,23,27)/t18-,20-/m1/s1. The Bertz CT molecular complexity index is 808. The van der Waals surface area contributed by atoms with Gasteiger partial charge in [-0.05, 0) is 35.4 Å². The molecule has 3 rings (SSSR count). The second kappa shape index (κ2) is 8.95. The van der Waals surface area contributed by atoms with Gasteiger partial charge in [0.15, 0.2) is 0 Å². The summed E-state index contributed by atoms with van der Waals surface area (Å²) in [6, 6.07) is 10.5. The Labute approximate surface area is 164 Å². The van der Waals surface area contributed by atoms with Crippen molar-refractivity contribution in [3.63, 3.8) is 0 Å². The highest BCUT2D eigenvalue weighted by Gasteiger charge is 2.37. The number of nitrogens with one attached hydrogen (secondary N) is 1. The van der Waals surface area contributed by atoms with E-state index in [-0.39, 0.29) is 30.9 Å². The summed E-state index contributed by atoms with van der Waals surface area (Å²) in [5, 5.41) is 12.8. The molecule has 2 atom stereocenters. The fourth-order valence-corrected chi connectivity index (χ4v) is 3.15. The van der Waals surface area contributed by atoms with Crippen LogP contribution in [0.3, 0.4) is 0 Å². The molecule has 2 amide bonds. The molecule has 0 aliphatic carbocycles. The minimum absolute atomic E-state index is 0.0436. The summed E-state index contributed by atoms with van der Waals surface area (Å²) in [5.74, 6) is -0.315. The molecule has 1 aliphatic heterocycles. The number of carbonyl (C=O) groups excluding carboxylic acids is 2. The van der Waals surface area contributed by atoms with Crippen molar-refractivity contribution in [3.8, 4) is 0 Å². The lowest BCUT2D eigenvalue weighted by Crippen LogP contribution is -2.52. The molecule has 7 nitrogen and oxygen atoms in total. The molecule has 0 bridgehead atoms. The zero-order valence-electron chi connectivity index (χ0n) is 16.0. The number of anilines is 1. The second-order valence-electron chi connectivity index (χ2n) is 7.12. The van der Waals surface area contributed by atoms with E-state index in [2.05, 4.69) is 10.3 Å². The first-order valence-corrected chi connectivity index (χ1v) is 9.31. The maximum atomic E-state index is 12.4. The van der Waals surface area contributed by atoms with Gasteiger partial charge in [-0.2, -0.15) is 0 Å². The summed E-state index contributed by atoms with van der Waals surface area (Å²) < 4.78 is 5.76. The molecule has 0 saturated carbocycles. The van der Waals surface area contributed by atoms with Crippen LogP contribution < -0.4 is 5.32 Å². The molecule has 1 aromatic carbocycles. The van der Waals surface area contributed by atoms with Crippen molar-refractivity contribution in [1.82, 2.24) is 9.88 Å². The molecule has 1 fully saturated rings. The van der Waals surface area contributed by atoms with Gasteiger partial charge in [-0.15, -0.1) is 0 Å². The van der Waals surface area contributed by atoms with Crippen LogP contribution in [0, 0.1) is 5.92 Å². The van der Waals surface area contributed by atoms with E-state index in [4.69, 9.17) is 4.74 Å². The molecule has 1 saturated heterocycles. The Balaban J connectivity index is 1.77. The van der Waals surface area contributed by atoms with Crippen molar-refractivity contribution in [2.75, 3.05) is 18.5 Å². The number of aliphatic hydroxyl groups excluding tert-OH is 1. The van der Waals surface area contributed by atoms with Crippen molar-refractivity contribution < 1.29 is 19.4 Å². The molecule has 7 heteroatoms. The summed E-state index contributed by atoms with van der Waals surface area (Å²) in [5.41, 5.74) is 2.48. The van der Waals surface area contributed by atoms with Gasteiger partial charge >= 0.3 is 0 Å². The number of pyridine rings is 1. The van der Waals surface area contributed by atoms with E-state index >= 15 is 0 Å². The molecule has 1 aliphatic rings. The molecular weight excluding hydrogens is 358 g/mol. The molecule has 2 aromatic rings. The number of morpholine rings is 1. The fraction of sp³-hybridized carbons (Fsp3) is 0.381. The van der Waals surface area contributed by atoms with Crippen LogP contribution in [0.2, 0.25) is 0 Å². The zero-order chi connectivity index (χ0) is 20.1. The number of rotatable bonds is 6. The van der Waals surface area contributed by atoms with E-state index in [1.54, 1.807) is 29.4 Å². The lowest BCUT2D eigenvalue weighted by atomic mass is 9.98. The van der Waals surface area contributed by atoms with E-state index in [1.807, 2.05) is 38.1 Å². The Kier molecular flexibility index (Phi) is 6.38. The first kappa shape index (κ1) is 20.0. The second-order valence-corrected chi connectivity index (χ2v) is 7.12. The summed E-state index contributed by atoms with van der Waals surface area (Å²) in [4.78, 5) is 29.9. The maximum absolute atomic E-state index is 12.4. The van der Waals surface area contributed by atoms with Crippen LogP contribution in [0.4, 0.5) is 5.69 Å². The predicted octanol–water partition coefficient (Wildman–Crippen LogP) is 2.14. The molecule has 2 heterocycles. The number of benzene rings is 1. The van der Waals surface area contributed by atoms with Gasteiger partial charge in [-0.3, -0.25) is 14.6 Å². The molecule has 28 heavy (non-hydrogen) atoms. The number of nitrogens with zero attached hydrogens (tertiary/aromatic N) is 2. The van der Waals surface area contributed by atoms with Gasteiger partial charge in [0, 0.05) is 30.5 Å². The molecule has 1 aromatic heterocycles. The molecular formula is C21H25N3O4. The van der Waals surface area contributed by atoms with E-state index in [1.165, 1.54) is 0 Å². The largest absolute Gasteiger partial charge is 0.394 e. The number of amides is 2. The normalized spacial score (nSPS) is 19.7. The number of hydrogen-bond acceptors (Lipinski definition) is 5. The van der Waals surface area contributed by atoms with Crippen LogP contribution in [-0.4, -0.2) is 46.1 Å². The van der Waals surface area contributed by atoms with Gasteiger partial charge in [0.2, 0.25) is 11.8 Å². The molecule has 2 N–H and O–H groups in total. The SMILES string of the molecule is CC(C)C(=O)Nc1ccc([C@H]2OCC(=O)N(Cc3ccncc3)[C@@H]2CO)cc1. The Morgan fingerprint density at radius 3 is 2.54 bits per heavy atom. The zero-order valence-corrected chi connectivity index (χ0v) is 16.0. The van der Waals surface area contributed by atoms with Crippen molar-refractivity contribution in [2.24, 2.45) is 5.92 Å². The number of hydrogen-bond donors (Lipinski definition) is 2. The van der Waals surface area contributed by atoms with Gasteiger partial charge in [0.25, 0.3) is 0 Å². The van der Waals surface area contributed by atoms with E-state index in [9.17, 15) is 14.7 Å². The van der Waals surface area contributed by atoms with Gasteiger partial charge in [0.1, 0.15) is 12.7 Å². The first-order valence-electron chi connectivity index (χ1n) is 9.31. The molecule has 148 valence electrons. The van der Waals surface area contributed by atoms with E-state index in [0.717, 1.165) is 11.1 Å². The number of aromatic nitrogens is 1. The Morgan fingerprint density at radius 1 is 1.25 bits per heavy atom. The van der Waals surface area contributed by atoms with Crippen LogP contribution in [0.5, 0.6) is 0 Å². The lowest BCUT2D eigenvalue weighted by molar-refractivity contribution is -0.162.